The van der Waals surface area contributed by atoms with E-state index in [0.29, 0.717) is 51.0 Å². The van der Waals surface area contributed by atoms with E-state index in [4.69, 9.17) is 45.4 Å². The van der Waals surface area contributed by atoms with Crippen LogP contribution < -0.4 is 47.8 Å². The van der Waals surface area contributed by atoms with Gasteiger partial charge in [-0.25, -0.2) is 0 Å². The van der Waals surface area contributed by atoms with Gasteiger partial charge in [-0.3, -0.25) is 0 Å². The van der Waals surface area contributed by atoms with Crippen LogP contribution in [0.2, 0.25) is 6.82 Å². The van der Waals surface area contributed by atoms with Crippen molar-refractivity contribution in [2.24, 2.45) is 17.2 Å². The molecule has 6 aromatic rings. The van der Waals surface area contributed by atoms with Crippen molar-refractivity contribution in [2.45, 2.75) is 46.3 Å². The number of nitrogens with two attached hydrogens (primary N) is 3. The molecule has 288 valence electrons. The standard InChI is InChI=1S/C15H16BNO2.2C14H14BNO3/c1-16-14-8-13(7-6-12(14)10-18-16)19-15-5-3-2-4-11(15)9-17;16-8-10-1-4-12(5-2-10)19-13-6-3-11-9-18-15(17)14(11)7-13;16-8-10-2-1-3-12(6-10)19-13-5-4-11-9-18-15(17)14(11)7-13/h2-8H,9-10,17H2,1H3;2*1-7,17H,8-9,16H2. The molecule has 0 aliphatic carbocycles. The predicted molar refractivity (Wildman–Crippen MR) is 223 cm³/mol. The van der Waals surface area contributed by atoms with Crippen molar-refractivity contribution in [3.05, 3.63) is 161 Å². The smallest absolute Gasteiger partial charge is 0.457 e. The Hall–Kier alpha value is -5.41. The van der Waals surface area contributed by atoms with Crippen LogP contribution in [-0.4, -0.2) is 31.2 Å². The molecule has 0 aromatic heterocycles. The van der Waals surface area contributed by atoms with Gasteiger partial charge in [0.1, 0.15) is 34.5 Å². The van der Waals surface area contributed by atoms with Gasteiger partial charge in [0.05, 0.1) is 19.8 Å². The van der Waals surface area contributed by atoms with Crippen LogP contribution in [0.4, 0.5) is 0 Å². The fourth-order valence-electron chi connectivity index (χ4n) is 6.56. The maximum absolute atomic E-state index is 9.66. The zero-order valence-electron chi connectivity index (χ0n) is 31.7. The molecule has 3 heterocycles. The largest absolute Gasteiger partial charge is 0.491 e. The lowest BCUT2D eigenvalue weighted by atomic mass is 9.64. The molecule has 11 nitrogen and oxygen atoms in total. The average molecular weight is 763 g/mol. The van der Waals surface area contributed by atoms with Gasteiger partial charge in [0.2, 0.25) is 0 Å². The molecule has 3 aliphatic rings. The Bertz CT molecular complexity index is 2300. The average Bonchev–Trinajstić information content (AvgIpc) is 3.94. The van der Waals surface area contributed by atoms with Crippen molar-refractivity contribution in [1.82, 2.24) is 0 Å². The molecule has 3 aliphatic heterocycles. The lowest BCUT2D eigenvalue weighted by molar-refractivity contribution is 0.275. The van der Waals surface area contributed by atoms with E-state index >= 15 is 0 Å². The van der Waals surface area contributed by atoms with E-state index in [0.717, 1.165) is 61.7 Å². The van der Waals surface area contributed by atoms with Crippen molar-refractivity contribution in [1.29, 1.82) is 0 Å². The Balaban J connectivity index is 0.000000131. The number of fused-ring (bicyclic) bond motifs is 3. The molecule has 9 rings (SSSR count). The Kier molecular flexibility index (Phi) is 13.1. The third-order valence-corrected chi connectivity index (χ3v) is 9.79. The highest BCUT2D eigenvalue weighted by molar-refractivity contribution is 6.67. The number of ether oxygens (including phenoxy) is 3. The van der Waals surface area contributed by atoms with E-state index < -0.39 is 14.2 Å². The summed E-state index contributed by atoms with van der Waals surface area (Å²) in [4.78, 5) is 0. The summed E-state index contributed by atoms with van der Waals surface area (Å²) in [6, 6.07) is 40.4. The van der Waals surface area contributed by atoms with Gasteiger partial charge in [0.15, 0.2) is 0 Å². The molecule has 6 aromatic carbocycles. The van der Waals surface area contributed by atoms with Gasteiger partial charge >= 0.3 is 21.2 Å². The summed E-state index contributed by atoms with van der Waals surface area (Å²) >= 11 is 0. The van der Waals surface area contributed by atoms with Gasteiger partial charge in [-0.1, -0.05) is 67.5 Å². The first-order chi connectivity index (χ1) is 27.8. The first-order valence-electron chi connectivity index (χ1n) is 18.8. The molecule has 0 bridgehead atoms. The van der Waals surface area contributed by atoms with Crippen molar-refractivity contribution >= 4 is 37.5 Å². The molecule has 0 spiro atoms. The minimum absolute atomic E-state index is 0.142. The minimum atomic E-state index is -0.853. The number of para-hydroxylation sites is 1. The van der Waals surface area contributed by atoms with E-state index in [1.165, 1.54) is 11.0 Å². The molecular formula is C43H44B3N3O8. The molecule has 0 radical (unpaired) electrons. The second-order valence-electron chi connectivity index (χ2n) is 13.7. The number of hydrogen-bond acceptors (Lipinski definition) is 11. The summed E-state index contributed by atoms with van der Waals surface area (Å²) in [5, 5.41) is 19.3. The quantitative estimate of drug-likeness (QED) is 0.130. The first-order valence-corrected chi connectivity index (χ1v) is 18.8. The fourth-order valence-corrected chi connectivity index (χ4v) is 6.56. The SMILES string of the molecule is CB1OCc2ccc(Oc3ccccc3CN)cc21.NCc1ccc(Oc2ccc3c(c2)B(O)OC3)cc1.NCc1cccc(Oc2ccc3c(c2)B(O)OC3)c1. The third-order valence-electron chi connectivity index (χ3n) is 9.79. The molecule has 0 atom stereocenters. The summed E-state index contributed by atoms with van der Waals surface area (Å²) in [6.45, 7) is 5.25. The maximum atomic E-state index is 9.66. The molecule has 0 fully saturated rings. The fraction of sp³-hybridized carbons (Fsp3) is 0.163. The molecule has 0 amide bonds. The number of rotatable bonds is 9. The number of hydrogen-bond donors (Lipinski definition) is 5. The van der Waals surface area contributed by atoms with Crippen LogP contribution in [0.15, 0.2) is 127 Å². The van der Waals surface area contributed by atoms with Gasteiger partial charge in [-0.05, 0) is 111 Å². The highest BCUT2D eigenvalue weighted by atomic mass is 16.5. The van der Waals surface area contributed by atoms with Crippen LogP contribution in [-0.2, 0) is 53.4 Å². The lowest BCUT2D eigenvalue weighted by Gasteiger charge is -2.11. The van der Waals surface area contributed by atoms with Crippen molar-refractivity contribution in [3.63, 3.8) is 0 Å². The van der Waals surface area contributed by atoms with Crippen LogP contribution in [0, 0.1) is 0 Å². The van der Waals surface area contributed by atoms with Crippen LogP contribution in [0.3, 0.4) is 0 Å². The van der Waals surface area contributed by atoms with Crippen molar-refractivity contribution in [3.8, 4) is 34.5 Å². The minimum Gasteiger partial charge on any atom is -0.457 e. The predicted octanol–water partition coefficient (Wildman–Crippen LogP) is 4.61. The molecule has 0 unspecified atom stereocenters. The van der Waals surface area contributed by atoms with Crippen LogP contribution in [0.1, 0.15) is 33.4 Å². The molecule has 0 saturated carbocycles. The highest BCUT2D eigenvalue weighted by Crippen LogP contribution is 2.27. The van der Waals surface area contributed by atoms with Gasteiger partial charge in [0, 0.05) is 25.2 Å². The molecule has 14 heteroatoms. The molecule has 0 saturated heterocycles. The monoisotopic (exact) mass is 763 g/mol. The van der Waals surface area contributed by atoms with E-state index in [1.807, 2.05) is 115 Å². The van der Waals surface area contributed by atoms with Crippen molar-refractivity contribution in [2.75, 3.05) is 0 Å². The third kappa shape index (κ3) is 9.95. The van der Waals surface area contributed by atoms with Gasteiger partial charge in [0.25, 0.3) is 0 Å². The van der Waals surface area contributed by atoms with Crippen molar-refractivity contribution < 1.29 is 38.2 Å². The van der Waals surface area contributed by atoms with E-state index in [9.17, 15) is 10.0 Å². The van der Waals surface area contributed by atoms with Crippen LogP contribution >= 0.6 is 0 Å². The highest BCUT2D eigenvalue weighted by Gasteiger charge is 2.29. The molecular weight excluding hydrogens is 719 g/mol. The summed E-state index contributed by atoms with van der Waals surface area (Å²) < 4.78 is 33.3. The van der Waals surface area contributed by atoms with E-state index in [2.05, 4.69) is 19.0 Å². The van der Waals surface area contributed by atoms with Crippen LogP contribution in [0.25, 0.3) is 0 Å². The summed E-state index contributed by atoms with van der Waals surface area (Å²) in [6.07, 6.45) is 0. The summed E-state index contributed by atoms with van der Waals surface area (Å²) in [7, 11) is -1.70. The Labute approximate surface area is 333 Å². The second-order valence-corrected chi connectivity index (χ2v) is 13.7. The maximum Gasteiger partial charge on any atom is 0.491 e. The van der Waals surface area contributed by atoms with Gasteiger partial charge in [-0.2, -0.15) is 0 Å². The second kappa shape index (κ2) is 18.7. The number of benzene rings is 6. The Morgan fingerprint density at radius 3 is 1.61 bits per heavy atom. The normalized spacial score (nSPS) is 13.5. The van der Waals surface area contributed by atoms with E-state index in [1.54, 1.807) is 0 Å². The Morgan fingerprint density at radius 1 is 0.491 bits per heavy atom. The van der Waals surface area contributed by atoms with Crippen LogP contribution in [0.5, 0.6) is 34.5 Å². The summed E-state index contributed by atoms with van der Waals surface area (Å²) in [5.41, 5.74) is 25.9. The van der Waals surface area contributed by atoms with Gasteiger partial charge in [-0.15, -0.1) is 0 Å². The zero-order valence-corrected chi connectivity index (χ0v) is 31.7. The molecule has 8 N–H and O–H groups in total. The Morgan fingerprint density at radius 2 is 1.00 bits per heavy atom. The molecule has 57 heavy (non-hydrogen) atoms. The van der Waals surface area contributed by atoms with E-state index in [-0.39, 0.29) is 6.92 Å². The first kappa shape index (κ1) is 39.8. The topological polar surface area (TPSA) is 174 Å². The zero-order chi connectivity index (χ0) is 39.7. The lowest BCUT2D eigenvalue weighted by Crippen LogP contribution is -2.27. The van der Waals surface area contributed by atoms with Gasteiger partial charge < -0.3 is 55.4 Å². The summed E-state index contributed by atoms with van der Waals surface area (Å²) in [5.74, 6) is 4.48.